The smallest absolute Gasteiger partial charge is 0.254 e. The maximum atomic E-state index is 12.9. The number of benzene rings is 1. The van der Waals surface area contributed by atoms with Crippen molar-refractivity contribution in [2.24, 2.45) is 0 Å². The molecular formula is C22H32N4O3. The van der Waals surface area contributed by atoms with Crippen LogP contribution < -0.4 is 5.32 Å². The topological polar surface area (TPSA) is 73.0 Å². The van der Waals surface area contributed by atoms with E-state index in [-0.39, 0.29) is 23.8 Å². The molecule has 0 aliphatic carbocycles. The van der Waals surface area contributed by atoms with Gasteiger partial charge in [0.15, 0.2) is 0 Å². The molecule has 1 N–H and O–H groups in total. The summed E-state index contributed by atoms with van der Waals surface area (Å²) in [6.45, 7) is 9.65. The summed E-state index contributed by atoms with van der Waals surface area (Å²) in [5.74, 6) is 0.0212. The van der Waals surface area contributed by atoms with Crippen molar-refractivity contribution < 1.29 is 14.4 Å². The van der Waals surface area contributed by atoms with Gasteiger partial charge in [-0.1, -0.05) is 6.07 Å². The first-order valence-corrected chi connectivity index (χ1v) is 10.6. The minimum atomic E-state index is -0.154. The van der Waals surface area contributed by atoms with E-state index in [0.717, 1.165) is 31.5 Å². The Morgan fingerprint density at radius 3 is 2.21 bits per heavy atom. The molecule has 0 spiro atoms. The fourth-order valence-electron chi connectivity index (χ4n) is 4.11. The van der Waals surface area contributed by atoms with Gasteiger partial charge in [-0.3, -0.25) is 19.3 Å². The van der Waals surface area contributed by atoms with Gasteiger partial charge < -0.3 is 15.1 Å². The molecular weight excluding hydrogens is 368 g/mol. The molecule has 2 heterocycles. The van der Waals surface area contributed by atoms with E-state index in [4.69, 9.17) is 0 Å². The van der Waals surface area contributed by atoms with Gasteiger partial charge in [0.25, 0.3) is 5.91 Å². The number of carbonyl (C=O) groups is 3. The van der Waals surface area contributed by atoms with Crippen LogP contribution in [0.5, 0.6) is 0 Å². The highest BCUT2D eigenvalue weighted by Gasteiger charge is 2.30. The monoisotopic (exact) mass is 400 g/mol. The van der Waals surface area contributed by atoms with Crippen LogP contribution in [0.4, 0.5) is 5.69 Å². The summed E-state index contributed by atoms with van der Waals surface area (Å²) in [4.78, 5) is 43.1. The van der Waals surface area contributed by atoms with Crippen molar-refractivity contribution >= 4 is 23.4 Å². The number of likely N-dealkylation sites (tertiary alicyclic amines) is 1. The summed E-state index contributed by atoms with van der Waals surface area (Å²) in [7, 11) is 0. The predicted octanol–water partition coefficient (Wildman–Crippen LogP) is 2.11. The number of piperidine rings is 1. The Hall–Kier alpha value is -2.41. The number of anilines is 1. The minimum absolute atomic E-state index is 0.0359. The second-order valence-electron chi connectivity index (χ2n) is 8.10. The second-order valence-corrected chi connectivity index (χ2v) is 8.10. The number of hydrogen-bond donors (Lipinski definition) is 1. The molecule has 7 nitrogen and oxygen atoms in total. The van der Waals surface area contributed by atoms with Crippen LogP contribution in [0.15, 0.2) is 18.2 Å². The fraction of sp³-hybridized carbons (Fsp3) is 0.591. The summed E-state index contributed by atoms with van der Waals surface area (Å²) in [6.07, 6.45) is 3.40. The van der Waals surface area contributed by atoms with Crippen molar-refractivity contribution in [3.63, 3.8) is 0 Å². The van der Waals surface area contributed by atoms with Crippen LogP contribution in [0.25, 0.3) is 0 Å². The van der Waals surface area contributed by atoms with E-state index in [2.05, 4.69) is 10.2 Å². The molecule has 0 bridgehead atoms. The zero-order valence-electron chi connectivity index (χ0n) is 17.7. The Labute approximate surface area is 173 Å². The molecule has 1 atom stereocenters. The average molecular weight is 401 g/mol. The highest BCUT2D eigenvalue weighted by atomic mass is 16.2. The molecule has 1 aromatic carbocycles. The first-order valence-electron chi connectivity index (χ1n) is 10.6. The molecule has 0 aromatic heterocycles. The maximum Gasteiger partial charge on any atom is 0.254 e. The standard InChI is InChI=1S/C22H32N4O3/c1-16-7-8-19(15-20(16)23-18(3)27)22(29)26-13-11-24(12-14-26)17(2)21(28)25-9-5-4-6-10-25/h7-8,15,17H,4-6,9-14H2,1-3H3,(H,23,27). The zero-order valence-corrected chi connectivity index (χ0v) is 17.7. The van der Waals surface area contributed by atoms with Gasteiger partial charge in [-0.25, -0.2) is 0 Å². The molecule has 7 heteroatoms. The van der Waals surface area contributed by atoms with Crippen molar-refractivity contribution in [2.45, 2.75) is 46.1 Å². The predicted molar refractivity (Wildman–Crippen MR) is 113 cm³/mol. The van der Waals surface area contributed by atoms with Gasteiger partial charge in [0.1, 0.15) is 0 Å². The molecule has 0 saturated carbocycles. The highest BCUT2D eigenvalue weighted by molar-refractivity contribution is 5.97. The largest absolute Gasteiger partial charge is 0.341 e. The molecule has 2 aliphatic heterocycles. The number of nitrogens with one attached hydrogen (secondary N) is 1. The SMILES string of the molecule is CC(=O)Nc1cc(C(=O)N2CCN(C(C)C(=O)N3CCCCC3)CC2)ccc1C. The van der Waals surface area contributed by atoms with Gasteiger partial charge in [0.05, 0.1) is 6.04 Å². The highest BCUT2D eigenvalue weighted by Crippen LogP contribution is 2.20. The number of piperazine rings is 1. The zero-order chi connectivity index (χ0) is 21.0. The summed E-state index contributed by atoms with van der Waals surface area (Å²) >= 11 is 0. The third kappa shape index (κ3) is 5.15. The summed E-state index contributed by atoms with van der Waals surface area (Å²) in [5, 5.41) is 2.78. The molecule has 29 heavy (non-hydrogen) atoms. The van der Waals surface area contributed by atoms with Gasteiger partial charge in [-0.2, -0.15) is 0 Å². The molecule has 2 aliphatic rings. The Morgan fingerprint density at radius 1 is 0.931 bits per heavy atom. The lowest BCUT2D eigenvalue weighted by atomic mass is 10.1. The van der Waals surface area contributed by atoms with Crippen molar-refractivity contribution in [3.8, 4) is 0 Å². The molecule has 2 fully saturated rings. The number of amides is 3. The number of aryl methyl sites for hydroxylation is 1. The molecule has 3 rings (SSSR count). The molecule has 0 radical (unpaired) electrons. The number of rotatable bonds is 4. The molecule has 1 unspecified atom stereocenters. The van der Waals surface area contributed by atoms with E-state index < -0.39 is 0 Å². The van der Waals surface area contributed by atoms with Crippen molar-refractivity contribution in [1.82, 2.24) is 14.7 Å². The Balaban J connectivity index is 1.58. The van der Waals surface area contributed by atoms with Gasteiger partial charge in [-0.05, 0) is 50.8 Å². The van der Waals surface area contributed by atoms with E-state index in [0.29, 0.717) is 37.4 Å². The summed E-state index contributed by atoms with van der Waals surface area (Å²) < 4.78 is 0. The number of hydrogen-bond acceptors (Lipinski definition) is 4. The lowest BCUT2D eigenvalue weighted by Gasteiger charge is -2.39. The Kier molecular flexibility index (Phi) is 6.90. The van der Waals surface area contributed by atoms with Crippen molar-refractivity contribution in [1.29, 1.82) is 0 Å². The average Bonchev–Trinajstić information content (AvgIpc) is 2.74. The van der Waals surface area contributed by atoms with Crippen LogP contribution in [0.2, 0.25) is 0 Å². The van der Waals surface area contributed by atoms with Gasteiger partial charge >= 0.3 is 0 Å². The van der Waals surface area contributed by atoms with Crippen LogP contribution in [0.1, 0.15) is 49.0 Å². The Morgan fingerprint density at radius 2 is 1.59 bits per heavy atom. The number of carbonyl (C=O) groups excluding carboxylic acids is 3. The van der Waals surface area contributed by atoms with Crippen LogP contribution >= 0.6 is 0 Å². The van der Waals surface area contributed by atoms with Crippen molar-refractivity contribution in [3.05, 3.63) is 29.3 Å². The number of nitrogens with zero attached hydrogens (tertiary/aromatic N) is 3. The second kappa shape index (κ2) is 9.39. The summed E-state index contributed by atoms with van der Waals surface area (Å²) in [5.41, 5.74) is 2.17. The van der Waals surface area contributed by atoms with E-state index in [9.17, 15) is 14.4 Å². The molecule has 2 saturated heterocycles. The van der Waals surface area contributed by atoms with E-state index >= 15 is 0 Å². The van der Waals surface area contributed by atoms with Crippen LogP contribution in [0, 0.1) is 6.92 Å². The van der Waals surface area contributed by atoms with E-state index in [1.807, 2.05) is 29.7 Å². The molecule has 3 amide bonds. The lowest BCUT2D eigenvalue weighted by Crippen LogP contribution is -2.56. The van der Waals surface area contributed by atoms with E-state index in [1.165, 1.54) is 13.3 Å². The lowest BCUT2D eigenvalue weighted by molar-refractivity contribution is -0.137. The van der Waals surface area contributed by atoms with Crippen LogP contribution in [0.3, 0.4) is 0 Å². The molecule has 1 aromatic rings. The minimum Gasteiger partial charge on any atom is -0.341 e. The summed E-state index contributed by atoms with van der Waals surface area (Å²) in [6, 6.07) is 5.26. The quantitative estimate of drug-likeness (QED) is 0.840. The van der Waals surface area contributed by atoms with Gasteiger partial charge in [0.2, 0.25) is 11.8 Å². The normalized spacial score (nSPS) is 19.0. The third-order valence-electron chi connectivity index (χ3n) is 5.97. The van der Waals surface area contributed by atoms with Crippen LogP contribution in [-0.2, 0) is 9.59 Å². The first kappa shape index (κ1) is 21.3. The molecule has 158 valence electrons. The Bertz CT molecular complexity index is 765. The first-order chi connectivity index (χ1) is 13.9. The fourth-order valence-corrected chi connectivity index (χ4v) is 4.11. The van der Waals surface area contributed by atoms with Gasteiger partial charge in [-0.15, -0.1) is 0 Å². The van der Waals surface area contributed by atoms with Crippen molar-refractivity contribution in [2.75, 3.05) is 44.6 Å². The third-order valence-corrected chi connectivity index (χ3v) is 5.97. The van der Waals surface area contributed by atoms with E-state index in [1.54, 1.807) is 12.1 Å². The van der Waals surface area contributed by atoms with Crippen LogP contribution in [-0.4, -0.2) is 77.7 Å². The maximum absolute atomic E-state index is 12.9. The van der Waals surface area contributed by atoms with Gasteiger partial charge in [0, 0.05) is 57.4 Å².